The molecule has 0 bridgehead atoms. The summed E-state index contributed by atoms with van der Waals surface area (Å²) in [6, 6.07) is 1.87. The molecule has 98 valence electrons. The molecule has 1 heterocycles. The van der Waals surface area contributed by atoms with Gasteiger partial charge in [-0.2, -0.15) is 0 Å². The van der Waals surface area contributed by atoms with Gasteiger partial charge in [0.15, 0.2) is 11.5 Å². The Bertz CT molecular complexity index is 484. The van der Waals surface area contributed by atoms with Crippen molar-refractivity contribution in [1.82, 2.24) is 0 Å². The summed E-state index contributed by atoms with van der Waals surface area (Å²) in [4.78, 5) is 10.9. The third-order valence-corrected chi connectivity index (χ3v) is 4.12. The van der Waals surface area contributed by atoms with E-state index in [9.17, 15) is 4.79 Å². The van der Waals surface area contributed by atoms with Gasteiger partial charge in [-0.25, -0.2) is 0 Å². The van der Waals surface area contributed by atoms with Crippen molar-refractivity contribution in [1.29, 1.82) is 0 Å². The van der Waals surface area contributed by atoms with Gasteiger partial charge in [-0.3, -0.25) is 4.79 Å². The summed E-state index contributed by atoms with van der Waals surface area (Å²) in [5.74, 6) is 0.229. The van der Waals surface area contributed by atoms with Crippen molar-refractivity contribution < 1.29 is 19.4 Å². The molecule has 18 heavy (non-hydrogen) atoms. The van der Waals surface area contributed by atoms with Gasteiger partial charge in [-0.1, -0.05) is 22.9 Å². The van der Waals surface area contributed by atoms with Gasteiger partial charge in [0.2, 0.25) is 0 Å². The smallest absolute Gasteiger partial charge is 0.306 e. The van der Waals surface area contributed by atoms with Crippen LogP contribution in [0.4, 0.5) is 0 Å². The Labute approximate surface area is 114 Å². The first kappa shape index (κ1) is 13.2. The Balaban J connectivity index is 2.37. The molecule has 0 saturated heterocycles. The molecule has 1 aromatic rings. The lowest BCUT2D eigenvalue weighted by Gasteiger charge is -2.23. The Hall–Kier alpha value is -1.23. The number of fused-ring (bicyclic) bond motifs is 1. The summed E-state index contributed by atoms with van der Waals surface area (Å²) >= 11 is 3.51. The van der Waals surface area contributed by atoms with Crippen LogP contribution in [0, 0.1) is 12.8 Å². The average molecular weight is 315 g/mol. The first-order valence-electron chi connectivity index (χ1n) is 5.81. The van der Waals surface area contributed by atoms with Crippen LogP contribution in [-0.4, -0.2) is 24.3 Å². The van der Waals surface area contributed by atoms with Crippen LogP contribution in [0.5, 0.6) is 11.5 Å². The Morgan fingerprint density at radius 2 is 2.17 bits per heavy atom. The van der Waals surface area contributed by atoms with E-state index >= 15 is 0 Å². The maximum absolute atomic E-state index is 10.9. The van der Waals surface area contributed by atoms with E-state index in [0.29, 0.717) is 25.4 Å². The van der Waals surface area contributed by atoms with Crippen LogP contribution in [0.2, 0.25) is 0 Å². The minimum absolute atomic E-state index is 0.428. The van der Waals surface area contributed by atoms with E-state index in [1.165, 1.54) is 0 Å². The second kappa shape index (κ2) is 5.18. The summed E-state index contributed by atoms with van der Waals surface area (Å²) in [5.41, 5.74) is 1.89. The highest BCUT2D eigenvalue weighted by Gasteiger charge is 2.21. The van der Waals surface area contributed by atoms with Gasteiger partial charge in [-0.15, -0.1) is 0 Å². The minimum atomic E-state index is -0.797. The molecule has 0 fully saturated rings. The van der Waals surface area contributed by atoms with Crippen molar-refractivity contribution in [3.8, 4) is 11.5 Å². The number of carboxylic acids is 1. The van der Waals surface area contributed by atoms with Crippen LogP contribution in [0.15, 0.2) is 10.5 Å². The molecular weight excluding hydrogens is 300 g/mol. The first-order chi connectivity index (χ1) is 8.50. The van der Waals surface area contributed by atoms with Gasteiger partial charge < -0.3 is 14.6 Å². The fourth-order valence-corrected chi connectivity index (χ4v) is 2.42. The van der Waals surface area contributed by atoms with E-state index in [-0.39, 0.29) is 0 Å². The standard InChI is InChI=1S/C13H15BrO4/c1-7(13(15)16)5-9-6-10-12(8(2)11(9)14)18-4-3-17-10/h6-7H,3-5H2,1-2H3,(H,15,16). The van der Waals surface area contributed by atoms with Crippen LogP contribution >= 0.6 is 15.9 Å². The average Bonchev–Trinajstić information content (AvgIpc) is 2.35. The third kappa shape index (κ3) is 2.46. The van der Waals surface area contributed by atoms with E-state index in [1.807, 2.05) is 13.0 Å². The molecule has 2 rings (SSSR count). The normalized spacial score (nSPS) is 15.3. The summed E-state index contributed by atoms with van der Waals surface area (Å²) < 4.78 is 12.0. The zero-order chi connectivity index (χ0) is 13.3. The highest BCUT2D eigenvalue weighted by Crippen LogP contribution is 2.40. The van der Waals surface area contributed by atoms with Gasteiger partial charge in [0, 0.05) is 10.0 Å². The highest BCUT2D eigenvalue weighted by molar-refractivity contribution is 9.10. The predicted molar refractivity (Wildman–Crippen MR) is 70.4 cm³/mol. The third-order valence-electron chi connectivity index (χ3n) is 3.02. The number of rotatable bonds is 3. The first-order valence-corrected chi connectivity index (χ1v) is 6.60. The SMILES string of the molecule is Cc1c(Br)c(CC(C)C(=O)O)cc2c1OCCO2. The number of hydrogen-bond donors (Lipinski definition) is 1. The second-order valence-electron chi connectivity index (χ2n) is 4.44. The molecule has 0 saturated carbocycles. The van der Waals surface area contributed by atoms with E-state index in [1.54, 1.807) is 6.92 Å². The molecule has 1 unspecified atom stereocenters. The summed E-state index contributed by atoms with van der Waals surface area (Å²) in [6.45, 7) is 4.71. The van der Waals surface area contributed by atoms with Crippen molar-refractivity contribution >= 4 is 21.9 Å². The van der Waals surface area contributed by atoms with Crippen molar-refractivity contribution in [2.45, 2.75) is 20.3 Å². The molecule has 0 aromatic heterocycles. The van der Waals surface area contributed by atoms with Crippen molar-refractivity contribution in [3.63, 3.8) is 0 Å². The fraction of sp³-hybridized carbons (Fsp3) is 0.462. The van der Waals surface area contributed by atoms with Crippen molar-refractivity contribution in [2.24, 2.45) is 5.92 Å². The topological polar surface area (TPSA) is 55.8 Å². The summed E-state index contributed by atoms with van der Waals surface area (Å²) in [5, 5.41) is 8.97. The van der Waals surface area contributed by atoms with E-state index in [0.717, 1.165) is 21.3 Å². The maximum Gasteiger partial charge on any atom is 0.306 e. The van der Waals surface area contributed by atoms with Gasteiger partial charge >= 0.3 is 5.97 Å². The molecule has 0 spiro atoms. The zero-order valence-electron chi connectivity index (χ0n) is 10.3. The zero-order valence-corrected chi connectivity index (χ0v) is 11.9. The second-order valence-corrected chi connectivity index (χ2v) is 5.24. The van der Waals surface area contributed by atoms with Gasteiger partial charge in [0.1, 0.15) is 13.2 Å². The van der Waals surface area contributed by atoms with Crippen LogP contribution in [0.25, 0.3) is 0 Å². The molecule has 0 amide bonds. The number of carbonyl (C=O) groups is 1. The van der Waals surface area contributed by atoms with Crippen molar-refractivity contribution in [3.05, 3.63) is 21.7 Å². The number of ether oxygens (including phenoxy) is 2. The van der Waals surface area contributed by atoms with Crippen LogP contribution in [0.3, 0.4) is 0 Å². The molecule has 1 N–H and O–H groups in total. The van der Waals surface area contributed by atoms with E-state index in [2.05, 4.69) is 15.9 Å². The molecule has 0 radical (unpaired) electrons. The molecule has 4 nitrogen and oxygen atoms in total. The monoisotopic (exact) mass is 314 g/mol. The van der Waals surface area contributed by atoms with E-state index < -0.39 is 11.9 Å². The number of halogens is 1. The highest BCUT2D eigenvalue weighted by atomic mass is 79.9. The number of benzene rings is 1. The molecule has 1 aromatic carbocycles. The van der Waals surface area contributed by atoms with Crippen LogP contribution in [0.1, 0.15) is 18.1 Å². The largest absolute Gasteiger partial charge is 0.486 e. The number of aliphatic carboxylic acids is 1. The van der Waals surface area contributed by atoms with E-state index in [4.69, 9.17) is 14.6 Å². The number of hydrogen-bond acceptors (Lipinski definition) is 3. The molecule has 1 aliphatic heterocycles. The summed E-state index contributed by atoms with van der Waals surface area (Å²) in [7, 11) is 0. The molecular formula is C13H15BrO4. The lowest BCUT2D eigenvalue weighted by Crippen LogP contribution is -2.18. The van der Waals surface area contributed by atoms with Gasteiger partial charge in [0.25, 0.3) is 0 Å². The Morgan fingerprint density at radius 1 is 1.50 bits per heavy atom. The van der Waals surface area contributed by atoms with Gasteiger partial charge in [0.05, 0.1) is 5.92 Å². The molecule has 0 aliphatic carbocycles. The quantitative estimate of drug-likeness (QED) is 0.932. The lowest BCUT2D eigenvalue weighted by atomic mass is 9.99. The Kier molecular flexibility index (Phi) is 3.80. The lowest BCUT2D eigenvalue weighted by molar-refractivity contribution is -0.141. The van der Waals surface area contributed by atoms with Crippen LogP contribution < -0.4 is 9.47 Å². The van der Waals surface area contributed by atoms with Gasteiger partial charge in [-0.05, 0) is 25.0 Å². The minimum Gasteiger partial charge on any atom is -0.486 e. The van der Waals surface area contributed by atoms with Crippen LogP contribution in [-0.2, 0) is 11.2 Å². The molecule has 1 aliphatic rings. The molecule has 1 atom stereocenters. The molecule has 5 heteroatoms. The fourth-order valence-electron chi connectivity index (χ4n) is 1.96. The number of carboxylic acid groups (broad SMARTS) is 1. The summed E-state index contributed by atoms with van der Waals surface area (Å²) in [6.07, 6.45) is 0.466. The predicted octanol–water partition coefficient (Wildman–Crippen LogP) is 2.79. The Morgan fingerprint density at radius 3 is 2.83 bits per heavy atom. The van der Waals surface area contributed by atoms with Crippen molar-refractivity contribution in [2.75, 3.05) is 13.2 Å². The maximum atomic E-state index is 10.9.